The van der Waals surface area contributed by atoms with Gasteiger partial charge in [-0.1, -0.05) is 12.2 Å². The molecule has 3 aliphatic rings. The van der Waals surface area contributed by atoms with Gasteiger partial charge in [-0.2, -0.15) is 13.2 Å². The van der Waals surface area contributed by atoms with Crippen LogP contribution in [0.3, 0.4) is 0 Å². The molecule has 0 N–H and O–H groups in total. The van der Waals surface area contributed by atoms with Crippen LogP contribution in [0.2, 0.25) is 0 Å². The third-order valence-corrected chi connectivity index (χ3v) is 6.03. The van der Waals surface area contributed by atoms with Crippen molar-refractivity contribution in [3.05, 3.63) is 46.0 Å². The monoisotopic (exact) mass is 395 g/mol. The highest BCUT2D eigenvalue weighted by molar-refractivity contribution is 5.80. The molecule has 9 heteroatoms. The summed E-state index contributed by atoms with van der Waals surface area (Å²) in [6.07, 6.45) is 1.58. The second kappa shape index (κ2) is 6.79. The summed E-state index contributed by atoms with van der Waals surface area (Å²) in [6, 6.07) is 2.59. The Labute approximate surface area is 159 Å². The van der Waals surface area contributed by atoms with Gasteiger partial charge in [-0.15, -0.1) is 0 Å². The molecular formula is C19H20F3N3O3. The molecule has 2 fully saturated rings. The van der Waals surface area contributed by atoms with E-state index in [2.05, 4.69) is 12.2 Å². The Balaban J connectivity index is 1.45. The highest BCUT2D eigenvalue weighted by atomic mass is 19.4. The maximum absolute atomic E-state index is 12.9. The van der Waals surface area contributed by atoms with E-state index in [1.165, 1.54) is 0 Å². The number of allylic oxidation sites excluding steroid dienone is 2. The summed E-state index contributed by atoms with van der Waals surface area (Å²) < 4.78 is 38.6. The van der Waals surface area contributed by atoms with Crippen LogP contribution in [0.15, 0.2) is 30.4 Å². The van der Waals surface area contributed by atoms with Crippen LogP contribution in [0.1, 0.15) is 18.4 Å². The van der Waals surface area contributed by atoms with E-state index in [9.17, 15) is 28.1 Å². The van der Waals surface area contributed by atoms with Crippen molar-refractivity contribution in [2.24, 2.45) is 17.8 Å². The number of nitro groups is 1. The molecule has 3 unspecified atom stereocenters. The number of nitrogens with zero attached hydrogens (tertiary/aromatic N) is 3. The van der Waals surface area contributed by atoms with Gasteiger partial charge in [-0.05, 0) is 36.8 Å². The second-order valence-corrected chi connectivity index (χ2v) is 7.66. The average Bonchev–Trinajstić information content (AvgIpc) is 3.30. The largest absolute Gasteiger partial charge is 0.416 e. The fourth-order valence-electron chi connectivity index (χ4n) is 4.58. The first-order chi connectivity index (χ1) is 13.2. The van der Waals surface area contributed by atoms with Crippen LogP contribution >= 0.6 is 0 Å². The molecule has 0 spiro atoms. The summed E-state index contributed by atoms with van der Waals surface area (Å²) in [5.74, 6) is 0.946. The first-order valence-corrected chi connectivity index (χ1v) is 9.31. The van der Waals surface area contributed by atoms with E-state index >= 15 is 0 Å². The quantitative estimate of drug-likeness (QED) is 0.447. The minimum Gasteiger partial charge on any atom is -0.362 e. The number of hydrogen-bond donors (Lipinski definition) is 0. The molecule has 4 rings (SSSR count). The van der Waals surface area contributed by atoms with Crippen LogP contribution in [0.4, 0.5) is 24.5 Å². The fraction of sp³-hybridized carbons (Fsp3) is 0.526. The topological polar surface area (TPSA) is 66.7 Å². The lowest BCUT2D eigenvalue weighted by atomic mass is 9.92. The number of halogens is 3. The van der Waals surface area contributed by atoms with Crippen LogP contribution in [-0.2, 0) is 11.0 Å². The maximum atomic E-state index is 12.9. The number of carbonyl (C=O) groups is 1. The molecule has 2 bridgehead atoms. The summed E-state index contributed by atoms with van der Waals surface area (Å²) in [5, 5.41) is 11.3. The van der Waals surface area contributed by atoms with Crippen molar-refractivity contribution >= 4 is 17.3 Å². The van der Waals surface area contributed by atoms with Gasteiger partial charge in [-0.3, -0.25) is 14.9 Å². The standard InChI is InChI=1S/C19H20F3N3O3/c20-19(21,22)14-3-4-16(17(11-14)25(27)28)23-5-7-24(8-6-23)18(26)15-10-12-1-2-13(15)9-12/h1-4,11-13,15H,5-10H2. The number of benzene rings is 1. The van der Waals surface area contributed by atoms with Gasteiger partial charge in [0.1, 0.15) is 5.69 Å². The van der Waals surface area contributed by atoms with E-state index < -0.39 is 22.4 Å². The molecule has 1 saturated heterocycles. The number of fused-ring (bicyclic) bond motifs is 2. The molecule has 6 nitrogen and oxygen atoms in total. The summed E-state index contributed by atoms with van der Waals surface area (Å²) in [7, 11) is 0. The summed E-state index contributed by atoms with van der Waals surface area (Å²) in [4.78, 5) is 26.8. The number of alkyl halides is 3. The van der Waals surface area contributed by atoms with Crippen LogP contribution in [0.5, 0.6) is 0 Å². The van der Waals surface area contributed by atoms with E-state index in [4.69, 9.17) is 0 Å². The Morgan fingerprint density at radius 2 is 1.82 bits per heavy atom. The van der Waals surface area contributed by atoms with Crippen molar-refractivity contribution in [3.8, 4) is 0 Å². The fourth-order valence-corrected chi connectivity index (χ4v) is 4.58. The Bertz CT molecular complexity index is 831. The maximum Gasteiger partial charge on any atom is 0.416 e. The lowest BCUT2D eigenvalue weighted by Gasteiger charge is -2.37. The molecule has 3 atom stereocenters. The zero-order valence-corrected chi connectivity index (χ0v) is 15.1. The van der Waals surface area contributed by atoms with Crippen molar-refractivity contribution in [1.82, 2.24) is 4.90 Å². The lowest BCUT2D eigenvalue weighted by Crippen LogP contribution is -2.51. The minimum absolute atomic E-state index is 0.0157. The Morgan fingerprint density at radius 1 is 1.11 bits per heavy atom. The first-order valence-electron chi connectivity index (χ1n) is 9.31. The number of carbonyl (C=O) groups excluding carboxylic acids is 1. The van der Waals surface area contributed by atoms with Gasteiger partial charge >= 0.3 is 6.18 Å². The van der Waals surface area contributed by atoms with E-state index in [1.807, 2.05) is 0 Å². The molecule has 0 radical (unpaired) electrons. The van der Waals surface area contributed by atoms with Gasteiger partial charge in [0.05, 0.1) is 10.5 Å². The Morgan fingerprint density at radius 3 is 2.36 bits per heavy atom. The number of hydrogen-bond acceptors (Lipinski definition) is 4. The van der Waals surface area contributed by atoms with Gasteiger partial charge in [0, 0.05) is 38.2 Å². The molecule has 0 aromatic heterocycles. The van der Waals surface area contributed by atoms with E-state index in [0.29, 0.717) is 44.1 Å². The molecule has 2 aliphatic carbocycles. The average molecular weight is 395 g/mol. The number of nitro benzene ring substituents is 1. The highest BCUT2D eigenvalue weighted by Crippen LogP contribution is 2.44. The Hall–Kier alpha value is -2.58. The predicted octanol–water partition coefficient (Wildman–Crippen LogP) is 3.47. The smallest absolute Gasteiger partial charge is 0.362 e. The van der Waals surface area contributed by atoms with E-state index in [1.54, 1.807) is 9.80 Å². The van der Waals surface area contributed by atoms with E-state index in [0.717, 1.165) is 25.0 Å². The van der Waals surface area contributed by atoms with Crippen molar-refractivity contribution < 1.29 is 22.9 Å². The Kier molecular flexibility index (Phi) is 4.55. The molecule has 1 aromatic carbocycles. The number of amides is 1. The van der Waals surface area contributed by atoms with Crippen molar-refractivity contribution in [3.63, 3.8) is 0 Å². The third-order valence-electron chi connectivity index (χ3n) is 6.03. The number of rotatable bonds is 3. The van der Waals surface area contributed by atoms with E-state index in [-0.39, 0.29) is 17.5 Å². The van der Waals surface area contributed by atoms with Gasteiger partial charge in [0.25, 0.3) is 5.69 Å². The van der Waals surface area contributed by atoms with Gasteiger partial charge < -0.3 is 9.80 Å². The van der Waals surface area contributed by atoms with Crippen LogP contribution in [-0.4, -0.2) is 41.9 Å². The van der Waals surface area contributed by atoms with Crippen molar-refractivity contribution in [1.29, 1.82) is 0 Å². The minimum atomic E-state index is -4.64. The number of anilines is 1. The lowest BCUT2D eigenvalue weighted by molar-refractivity contribution is -0.384. The molecule has 150 valence electrons. The zero-order valence-electron chi connectivity index (χ0n) is 15.1. The second-order valence-electron chi connectivity index (χ2n) is 7.66. The predicted molar refractivity (Wildman–Crippen MR) is 95.7 cm³/mol. The van der Waals surface area contributed by atoms with Gasteiger partial charge in [0.2, 0.25) is 5.91 Å². The first kappa shape index (κ1) is 18.8. The molecule has 1 aliphatic heterocycles. The van der Waals surface area contributed by atoms with Crippen molar-refractivity contribution in [2.45, 2.75) is 19.0 Å². The summed E-state index contributed by atoms with van der Waals surface area (Å²) >= 11 is 0. The van der Waals surface area contributed by atoms with Crippen molar-refractivity contribution in [2.75, 3.05) is 31.1 Å². The van der Waals surface area contributed by atoms with Crippen LogP contribution in [0.25, 0.3) is 0 Å². The number of piperazine rings is 1. The summed E-state index contributed by atoms with van der Waals surface area (Å²) in [5.41, 5.74) is -1.44. The molecule has 28 heavy (non-hydrogen) atoms. The highest BCUT2D eigenvalue weighted by Gasteiger charge is 2.42. The SMILES string of the molecule is O=C(C1CC2C=CC1C2)N1CCN(c2ccc(C(F)(F)F)cc2[N+](=O)[O-])CC1. The zero-order chi connectivity index (χ0) is 20.1. The van der Waals surface area contributed by atoms with Crippen LogP contribution in [0, 0.1) is 27.9 Å². The molecular weight excluding hydrogens is 375 g/mol. The molecule has 1 heterocycles. The van der Waals surface area contributed by atoms with Gasteiger partial charge in [0.15, 0.2) is 0 Å². The molecule has 1 aromatic rings. The van der Waals surface area contributed by atoms with Gasteiger partial charge in [-0.25, -0.2) is 0 Å². The third kappa shape index (κ3) is 3.33. The normalized spacial score (nSPS) is 26.8. The summed E-state index contributed by atoms with van der Waals surface area (Å²) in [6.45, 7) is 1.53. The van der Waals surface area contributed by atoms with Crippen LogP contribution < -0.4 is 4.90 Å². The molecule has 1 amide bonds. The molecule has 1 saturated carbocycles.